The first-order valence-electron chi connectivity index (χ1n) is 7.38. The molecular formula is C17H19NO2. The number of nitrogens with zero attached hydrogens (tertiary/aromatic N) is 1. The van der Waals surface area contributed by atoms with E-state index in [1.165, 1.54) is 0 Å². The first kappa shape index (κ1) is 13.2. The summed E-state index contributed by atoms with van der Waals surface area (Å²) in [7, 11) is 0. The van der Waals surface area contributed by atoms with Crippen LogP contribution in [0.3, 0.4) is 0 Å². The Morgan fingerprint density at radius 1 is 1.50 bits per heavy atom. The molecule has 0 aromatic rings. The summed E-state index contributed by atoms with van der Waals surface area (Å²) in [5.74, 6) is -0.202. The van der Waals surface area contributed by atoms with E-state index in [0.717, 1.165) is 24.8 Å². The van der Waals surface area contributed by atoms with E-state index in [1.54, 1.807) is 0 Å². The molecule has 0 unspecified atom stereocenters. The topological polar surface area (TPSA) is 50.1 Å². The molecule has 0 aliphatic heterocycles. The largest absolute Gasteiger partial charge is 0.466 e. The maximum absolute atomic E-state index is 12.4. The third-order valence-electron chi connectivity index (χ3n) is 4.99. The van der Waals surface area contributed by atoms with Gasteiger partial charge in [-0.25, -0.2) is 0 Å². The summed E-state index contributed by atoms with van der Waals surface area (Å²) < 4.78 is 5.28. The highest BCUT2D eigenvalue weighted by atomic mass is 16.5. The van der Waals surface area contributed by atoms with Crippen molar-refractivity contribution < 1.29 is 9.53 Å². The summed E-state index contributed by atoms with van der Waals surface area (Å²) in [4.78, 5) is 12.4. The Hall–Kier alpha value is -1.82. The number of rotatable bonds is 2. The van der Waals surface area contributed by atoms with Gasteiger partial charge >= 0.3 is 5.97 Å². The van der Waals surface area contributed by atoms with Crippen LogP contribution in [0.1, 0.15) is 26.2 Å². The quantitative estimate of drug-likeness (QED) is 0.723. The zero-order valence-electron chi connectivity index (χ0n) is 11.7. The number of carbonyl (C=O) groups excluding carboxylic acids is 1. The Bertz CT molecular complexity index is 552. The molecule has 3 nitrogen and oxygen atoms in total. The van der Waals surface area contributed by atoms with E-state index in [-0.39, 0.29) is 23.7 Å². The summed E-state index contributed by atoms with van der Waals surface area (Å²) in [6, 6.07) is 2.55. The number of hydrogen-bond donors (Lipinski definition) is 0. The zero-order chi connectivity index (χ0) is 14.2. The second-order valence-electron chi connectivity index (χ2n) is 5.78. The van der Waals surface area contributed by atoms with Crippen LogP contribution in [0, 0.1) is 34.5 Å². The lowest BCUT2D eigenvalue weighted by atomic mass is 9.77. The number of esters is 1. The first-order chi connectivity index (χ1) is 9.74. The highest BCUT2D eigenvalue weighted by molar-refractivity contribution is 5.76. The normalized spacial score (nSPS) is 37.6. The van der Waals surface area contributed by atoms with Crippen LogP contribution in [0.25, 0.3) is 0 Å². The van der Waals surface area contributed by atoms with E-state index in [9.17, 15) is 10.1 Å². The fraction of sp³-hybridized carbons (Fsp3) is 0.529. The predicted molar refractivity (Wildman–Crippen MR) is 75.4 cm³/mol. The van der Waals surface area contributed by atoms with Gasteiger partial charge < -0.3 is 4.74 Å². The van der Waals surface area contributed by atoms with E-state index in [4.69, 9.17) is 4.74 Å². The maximum atomic E-state index is 12.4. The molecule has 0 aromatic carbocycles. The highest BCUT2D eigenvalue weighted by Gasteiger charge is 2.61. The molecular weight excluding hydrogens is 250 g/mol. The molecule has 3 heteroatoms. The average molecular weight is 269 g/mol. The van der Waals surface area contributed by atoms with Crippen molar-refractivity contribution in [1.82, 2.24) is 0 Å². The Balaban J connectivity index is 2.08. The lowest BCUT2D eigenvalue weighted by molar-refractivity contribution is -0.150. The van der Waals surface area contributed by atoms with Crippen LogP contribution in [0.2, 0.25) is 0 Å². The molecule has 3 aliphatic rings. The van der Waals surface area contributed by atoms with Crippen molar-refractivity contribution in [3.8, 4) is 6.07 Å². The molecule has 3 rings (SSSR count). The van der Waals surface area contributed by atoms with E-state index in [1.807, 2.05) is 31.2 Å². The lowest BCUT2D eigenvalue weighted by Crippen LogP contribution is -2.28. The third kappa shape index (κ3) is 1.67. The summed E-state index contributed by atoms with van der Waals surface area (Å²) >= 11 is 0. The van der Waals surface area contributed by atoms with Crippen LogP contribution in [0.5, 0.6) is 0 Å². The van der Waals surface area contributed by atoms with Crippen molar-refractivity contribution in [3.63, 3.8) is 0 Å². The van der Waals surface area contributed by atoms with Gasteiger partial charge in [0.25, 0.3) is 0 Å². The standard InChI is InChI=1S/C17H19NO2/c1-2-20-16(19)15-12-7-4-3-5-8-13(12)17(11-18)10-6-9-14(15)17/h3-5,7-8,12,14-15H,2,6,9-10H2,1H3/t12-,14+,15-,17+/m1/s1. The van der Waals surface area contributed by atoms with E-state index in [0.29, 0.717) is 6.61 Å². The molecule has 0 aromatic heterocycles. The van der Waals surface area contributed by atoms with Gasteiger partial charge in [-0.1, -0.05) is 36.8 Å². The van der Waals surface area contributed by atoms with Gasteiger partial charge in [0.1, 0.15) is 0 Å². The molecule has 3 aliphatic carbocycles. The van der Waals surface area contributed by atoms with Crippen LogP contribution in [-0.2, 0) is 9.53 Å². The molecule has 2 fully saturated rings. The molecule has 0 amide bonds. The second kappa shape index (κ2) is 4.94. The van der Waals surface area contributed by atoms with Gasteiger partial charge in [0.05, 0.1) is 24.0 Å². The van der Waals surface area contributed by atoms with Crippen LogP contribution in [0.15, 0.2) is 36.0 Å². The fourth-order valence-corrected chi connectivity index (χ4v) is 4.26. The van der Waals surface area contributed by atoms with E-state index in [2.05, 4.69) is 12.1 Å². The molecule has 4 atom stereocenters. The number of carbonyl (C=O) groups is 1. The summed E-state index contributed by atoms with van der Waals surface area (Å²) in [6.07, 6.45) is 12.9. The minimum Gasteiger partial charge on any atom is -0.466 e. The molecule has 0 bridgehead atoms. The Kier molecular flexibility index (Phi) is 3.25. The molecule has 0 radical (unpaired) electrons. The maximum Gasteiger partial charge on any atom is 0.310 e. The number of ether oxygens (including phenoxy) is 1. The number of fused-ring (bicyclic) bond motifs is 3. The van der Waals surface area contributed by atoms with Crippen LogP contribution < -0.4 is 0 Å². The van der Waals surface area contributed by atoms with Crippen LogP contribution in [0.4, 0.5) is 0 Å². The Morgan fingerprint density at radius 3 is 3.10 bits per heavy atom. The minimum atomic E-state index is -0.457. The monoisotopic (exact) mass is 269 g/mol. The van der Waals surface area contributed by atoms with Gasteiger partial charge in [-0.15, -0.1) is 0 Å². The fourth-order valence-electron chi connectivity index (χ4n) is 4.26. The molecule has 104 valence electrons. The minimum absolute atomic E-state index is 0.0222. The smallest absolute Gasteiger partial charge is 0.310 e. The van der Waals surface area contributed by atoms with Gasteiger partial charge in [-0.2, -0.15) is 5.26 Å². The van der Waals surface area contributed by atoms with Crippen LogP contribution >= 0.6 is 0 Å². The number of allylic oxidation sites excluding steroid dienone is 6. The summed E-state index contributed by atoms with van der Waals surface area (Å²) in [5, 5.41) is 9.80. The Morgan fingerprint density at radius 2 is 2.35 bits per heavy atom. The van der Waals surface area contributed by atoms with E-state index < -0.39 is 5.41 Å². The van der Waals surface area contributed by atoms with Crippen molar-refractivity contribution in [3.05, 3.63) is 36.0 Å². The molecule has 20 heavy (non-hydrogen) atoms. The molecule has 2 saturated carbocycles. The van der Waals surface area contributed by atoms with Gasteiger partial charge in [0, 0.05) is 5.92 Å². The SMILES string of the molecule is CCOC(=O)[C@@H]1[C@@H]2C=CC=CC=C2[C@@]2(C#N)CCC[C@@H]12. The van der Waals surface area contributed by atoms with Crippen molar-refractivity contribution in [2.24, 2.45) is 23.2 Å². The molecule has 0 spiro atoms. The zero-order valence-corrected chi connectivity index (χ0v) is 11.7. The van der Waals surface area contributed by atoms with Crippen molar-refractivity contribution in [2.75, 3.05) is 6.61 Å². The highest BCUT2D eigenvalue weighted by Crippen LogP contribution is 2.62. The van der Waals surface area contributed by atoms with Crippen LogP contribution in [-0.4, -0.2) is 12.6 Å². The van der Waals surface area contributed by atoms with Gasteiger partial charge in [0.2, 0.25) is 0 Å². The van der Waals surface area contributed by atoms with Gasteiger partial charge in [0.15, 0.2) is 0 Å². The summed E-state index contributed by atoms with van der Waals surface area (Å²) in [5.41, 5.74) is 0.659. The van der Waals surface area contributed by atoms with Crippen molar-refractivity contribution >= 4 is 5.97 Å². The van der Waals surface area contributed by atoms with E-state index >= 15 is 0 Å². The Labute approximate surface area is 119 Å². The van der Waals surface area contributed by atoms with Crippen molar-refractivity contribution in [2.45, 2.75) is 26.2 Å². The third-order valence-corrected chi connectivity index (χ3v) is 4.99. The number of nitriles is 1. The lowest BCUT2D eigenvalue weighted by Gasteiger charge is -2.23. The van der Waals surface area contributed by atoms with Crippen molar-refractivity contribution in [1.29, 1.82) is 5.26 Å². The predicted octanol–water partition coefficient (Wildman–Crippen LogP) is 3.16. The van der Waals surface area contributed by atoms with Gasteiger partial charge in [-0.05, 0) is 31.3 Å². The average Bonchev–Trinajstić information content (AvgIpc) is 2.85. The molecule has 0 saturated heterocycles. The molecule has 0 heterocycles. The first-order valence-corrected chi connectivity index (χ1v) is 7.38. The molecule has 0 N–H and O–H groups in total. The second-order valence-corrected chi connectivity index (χ2v) is 5.78. The number of hydrogen-bond acceptors (Lipinski definition) is 3. The summed E-state index contributed by atoms with van der Waals surface area (Å²) in [6.45, 7) is 2.23. The van der Waals surface area contributed by atoms with Gasteiger partial charge in [-0.3, -0.25) is 4.79 Å².